The fourth-order valence-electron chi connectivity index (χ4n) is 3.62. The summed E-state index contributed by atoms with van der Waals surface area (Å²) >= 11 is 0. The van der Waals surface area contributed by atoms with Crippen LogP contribution in [0.3, 0.4) is 0 Å². The van der Waals surface area contributed by atoms with Crippen LogP contribution in [0, 0.1) is 5.41 Å². The van der Waals surface area contributed by atoms with Gasteiger partial charge in [0.2, 0.25) is 0 Å². The molecule has 1 aliphatic carbocycles. The largest absolute Gasteiger partial charge is 0.381 e. The highest BCUT2D eigenvalue weighted by atomic mass is 16.5. The smallest absolute Gasteiger partial charge is 0.137 e. The van der Waals surface area contributed by atoms with Crippen LogP contribution >= 0.6 is 0 Å². The van der Waals surface area contributed by atoms with Gasteiger partial charge in [0, 0.05) is 25.1 Å². The predicted molar refractivity (Wildman–Crippen MR) is 74.9 cm³/mol. The van der Waals surface area contributed by atoms with Crippen molar-refractivity contribution in [3.63, 3.8) is 0 Å². The summed E-state index contributed by atoms with van der Waals surface area (Å²) < 4.78 is 7.55. The standard InChI is InChI=1S/C14H26N4O/c1-5-14(6-2)12(9-13(14)19-4)17(3)7-8-18-11-15-10-16-18/h10-13H,5-9H2,1-4H3. The molecule has 1 aromatic rings. The molecule has 2 rings (SSSR count). The van der Waals surface area contributed by atoms with Gasteiger partial charge in [-0.1, -0.05) is 13.8 Å². The Bertz CT molecular complexity index is 375. The highest BCUT2D eigenvalue weighted by Gasteiger charge is 2.54. The molecule has 2 unspecified atom stereocenters. The lowest BCUT2D eigenvalue weighted by atomic mass is 9.58. The molecule has 1 heterocycles. The number of methoxy groups -OCH3 is 1. The van der Waals surface area contributed by atoms with Gasteiger partial charge in [-0.3, -0.25) is 4.68 Å². The molecule has 1 aliphatic rings. The van der Waals surface area contributed by atoms with E-state index in [2.05, 4.69) is 35.9 Å². The molecule has 1 saturated carbocycles. The highest BCUT2D eigenvalue weighted by Crippen LogP contribution is 2.50. The van der Waals surface area contributed by atoms with Gasteiger partial charge in [-0.05, 0) is 26.3 Å². The first-order chi connectivity index (χ1) is 9.17. The van der Waals surface area contributed by atoms with Crippen molar-refractivity contribution in [1.29, 1.82) is 0 Å². The van der Waals surface area contributed by atoms with E-state index in [-0.39, 0.29) is 0 Å². The van der Waals surface area contributed by atoms with Crippen molar-refractivity contribution in [2.75, 3.05) is 20.7 Å². The fourth-order valence-corrected chi connectivity index (χ4v) is 3.62. The quantitative estimate of drug-likeness (QED) is 0.755. The zero-order valence-corrected chi connectivity index (χ0v) is 12.5. The number of hydrogen-bond acceptors (Lipinski definition) is 4. The summed E-state index contributed by atoms with van der Waals surface area (Å²) in [5.74, 6) is 0. The van der Waals surface area contributed by atoms with Gasteiger partial charge < -0.3 is 9.64 Å². The monoisotopic (exact) mass is 266 g/mol. The summed E-state index contributed by atoms with van der Waals surface area (Å²) in [6.45, 7) is 6.47. The van der Waals surface area contributed by atoms with Crippen molar-refractivity contribution in [3.8, 4) is 0 Å². The Morgan fingerprint density at radius 1 is 1.42 bits per heavy atom. The number of hydrogen-bond donors (Lipinski definition) is 0. The summed E-state index contributed by atoms with van der Waals surface area (Å²) in [6, 6.07) is 0.621. The number of likely N-dealkylation sites (N-methyl/N-ethyl adjacent to an activating group) is 1. The van der Waals surface area contributed by atoms with E-state index in [0.29, 0.717) is 17.6 Å². The molecule has 19 heavy (non-hydrogen) atoms. The summed E-state index contributed by atoms with van der Waals surface area (Å²) in [7, 11) is 4.06. The topological polar surface area (TPSA) is 43.2 Å². The van der Waals surface area contributed by atoms with Crippen molar-refractivity contribution in [2.45, 2.75) is 51.8 Å². The van der Waals surface area contributed by atoms with Crippen LogP contribution in [-0.4, -0.2) is 52.5 Å². The maximum atomic E-state index is 5.66. The molecule has 1 aromatic heterocycles. The molecule has 2 atom stereocenters. The van der Waals surface area contributed by atoms with Crippen LogP contribution in [0.2, 0.25) is 0 Å². The van der Waals surface area contributed by atoms with Crippen LogP contribution in [0.15, 0.2) is 12.7 Å². The van der Waals surface area contributed by atoms with Gasteiger partial charge in [-0.25, -0.2) is 4.98 Å². The molecule has 0 saturated heterocycles. The number of nitrogens with zero attached hydrogens (tertiary/aromatic N) is 4. The highest BCUT2D eigenvalue weighted by molar-refractivity contribution is 5.06. The summed E-state index contributed by atoms with van der Waals surface area (Å²) in [5, 5.41) is 4.15. The zero-order chi connectivity index (χ0) is 13.9. The molecule has 0 amide bonds. The van der Waals surface area contributed by atoms with Crippen molar-refractivity contribution < 1.29 is 4.74 Å². The predicted octanol–water partition coefficient (Wildman–Crippen LogP) is 1.80. The lowest BCUT2D eigenvalue weighted by molar-refractivity contribution is -0.156. The number of aromatic nitrogens is 3. The summed E-state index contributed by atoms with van der Waals surface area (Å²) in [5.41, 5.74) is 0.325. The van der Waals surface area contributed by atoms with E-state index in [1.54, 1.807) is 12.7 Å². The lowest BCUT2D eigenvalue weighted by Gasteiger charge is -2.58. The maximum absolute atomic E-state index is 5.66. The second kappa shape index (κ2) is 6.01. The van der Waals surface area contributed by atoms with Crippen LogP contribution in [0.1, 0.15) is 33.1 Å². The SMILES string of the molecule is CCC1(CC)C(OC)CC1N(C)CCn1cncn1. The minimum atomic E-state index is 0.325. The van der Waals surface area contributed by atoms with Gasteiger partial charge >= 0.3 is 0 Å². The third-order valence-electron chi connectivity index (χ3n) is 5.02. The Balaban J connectivity index is 1.93. The van der Waals surface area contributed by atoms with Gasteiger partial charge in [0.25, 0.3) is 0 Å². The van der Waals surface area contributed by atoms with E-state index in [9.17, 15) is 0 Å². The van der Waals surface area contributed by atoms with Crippen molar-refractivity contribution in [1.82, 2.24) is 19.7 Å². The maximum Gasteiger partial charge on any atom is 0.137 e. The van der Waals surface area contributed by atoms with E-state index in [1.165, 1.54) is 12.8 Å². The molecule has 0 spiro atoms. The molecule has 0 radical (unpaired) electrons. The van der Waals surface area contributed by atoms with Gasteiger partial charge in [-0.2, -0.15) is 5.10 Å². The fraction of sp³-hybridized carbons (Fsp3) is 0.857. The first-order valence-corrected chi connectivity index (χ1v) is 7.23. The molecule has 5 heteroatoms. The summed E-state index contributed by atoms with van der Waals surface area (Å²) in [4.78, 5) is 6.44. The third kappa shape index (κ3) is 2.54. The van der Waals surface area contributed by atoms with Crippen LogP contribution in [0.5, 0.6) is 0 Å². The Hall–Kier alpha value is -0.940. The molecule has 1 fully saturated rings. The van der Waals surface area contributed by atoms with Crippen LogP contribution < -0.4 is 0 Å². The van der Waals surface area contributed by atoms with E-state index in [4.69, 9.17) is 4.74 Å². The molecule has 108 valence electrons. The van der Waals surface area contributed by atoms with Crippen molar-refractivity contribution in [2.24, 2.45) is 5.41 Å². The number of ether oxygens (including phenoxy) is 1. The Morgan fingerprint density at radius 2 is 2.16 bits per heavy atom. The number of rotatable bonds is 7. The molecule has 0 aliphatic heterocycles. The van der Waals surface area contributed by atoms with E-state index in [0.717, 1.165) is 19.5 Å². The van der Waals surface area contributed by atoms with Crippen LogP contribution in [-0.2, 0) is 11.3 Å². The third-order valence-corrected chi connectivity index (χ3v) is 5.02. The molecule has 0 bridgehead atoms. The molecule has 0 aromatic carbocycles. The minimum absolute atomic E-state index is 0.325. The molecular weight excluding hydrogens is 240 g/mol. The van der Waals surface area contributed by atoms with Gasteiger partial charge in [0.05, 0.1) is 12.6 Å². The Morgan fingerprint density at radius 3 is 2.68 bits per heavy atom. The van der Waals surface area contributed by atoms with E-state index >= 15 is 0 Å². The summed E-state index contributed by atoms with van der Waals surface area (Å²) in [6.07, 6.45) is 7.29. The van der Waals surface area contributed by atoms with Crippen molar-refractivity contribution in [3.05, 3.63) is 12.7 Å². The van der Waals surface area contributed by atoms with Crippen LogP contribution in [0.4, 0.5) is 0 Å². The normalized spacial score (nSPS) is 25.5. The average molecular weight is 266 g/mol. The Kier molecular flexibility index (Phi) is 4.58. The van der Waals surface area contributed by atoms with Gasteiger partial charge in [0.15, 0.2) is 0 Å². The average Bonchev–Trinajstić information content (AvgIpc) is 2.90. The van der Waals surface area contributed by atoms with Gasteiger partial charge in [0.1, 0.15) is 12.7 Å². The Labute approximate surface area is 116 Å². The lowest BCUT2D eigenvalue weighted by Crippen LogP contribution is -2.63. The molecular formula is C14H26N4O. The minimum Gasteiger partial charge on any atom is -0.381 e. The zero-order valence-electron chi connectivity index (χ0n) is 12.5. The van der Waals surface area contributed by atoms with E-state index in [1.807, 2.05) is 11.8 Å². The second-order valence-electron chi connectivity index (χ2n) is 5.56. The van der Waals surface area contributed by atoms with Crippen molar-refractivity contribution >= 4 is 0 Å². The van der Waals surface area contributed by atoms with Crippen LogP contribution in [0.25, 0.3) is 0 Å². The molecule has 0 N–H and O–H groups in total. The molecule has 5 nitrogen and oxygen atoms in total. The first kappa shape index (κ1) is 14.5. The van der Waals surface area contributed by atoms with Gasteiger partial charge in [-0.15, -0.1) is 0 Å². The van der Waals surface area contributed by atoms with E-state index < -0.39 is 0 Å². The second-order valence-corrected chi connectivity index (χ2v) is 5.56. The first-order valence-electron chi connectivity index (χ1n) is 7.23.